The third-order valence-electron chi connectivity index (χ3n) is 7.48. The molecule has 0 unspecified atom stereocenters. The van der Waals surface area contributed by atoms with Crippen molar-refractivity contribution in [2.75, 3.05) is 66.1 Å². The van der Waals surface area contributed by atoms with Crippen LogP contribution < -0.4 is 30.4 Å². The van der Waals surface area contributed by atoms with E-state index in [-0.39, 0.29) is 24.3 Å². The van der Waals surface area contributed by atoms with Crippen molar-refractivity contribution in [1.82, 2.24) is 28.6 Å². The topological polar surface area (TPSA) is 172 Å². The molecule has 1 aliphatic heterocycles. The van der Waals surface area contributed by atoms with Gasteiger partial charge in [0.15, 0.2) is 22.7 Å². The Morgan fingerprint density at radius 2 is 1.57 bits per heavy atom. The number of piperazine rings is 1. The van der Waals surface area contributed by atoms with Crippen LogP contribution in [0.3, 0.4) is 0 Å². The van der Waals surface area contributed by atoms with Crippen LogP contribution >= 0.6 is 0 Å². The molecular weight excluding hydrogens is 602 g/mol. The number of hydrogen-bond acceptors (Lipinski definition) is 12. The molecule has 3 aromatic heterocycles. The predicted octanol–water partition coefficient (Wildman–Crippen LogP) is 0.848. The summed E-state index contributed by atoms with van der Waals surface area (Å²) < 4.78 is 25.3. The van der Waals surface area contributed by atoms with E-state index < -0.39 is 23.2 Å². The van der Waals surface area contributed by atoms with Gasteiger partial charge in [-0.2, -0.15) is 4.98 Å². The van der Waals surface area contributed by atoms with Gasteiger partial charge in [0.1, 0.15) is 6.61 Å². The average Bonchev–Trinajstić information content (AvgIpc) is 3.42. The number of fused-ring (bicyclic) bond motifs is 1. The summed E-state index contributed by atoms with van der Waals surface area (Å²) in [6, 6.07) is 6.02. The molecule has 46 heavy (non-hydrogen) atoms. The van der Waals surface area contributed by atoms with Crippen LogP contribution in [-0.4, -0.2) is 107 Å². The Morgan fingerprint density at radius 1 is 0.913 bits per heavy atom. The highest BCUT2D eigenvalue weighted by molar-refractivity contribution is 5.91. The van der Waals surface area contributed by atoms with Crippen molar-refractivity contribution in [3.8, 4) is 17.2 Å². The number of nitrogens with zero attached hydrogens (tertiary/aromatic N) is 7. The summed E-state index contributed by atoms with van der Waals surface area (Å²) in [6.07, 6.45) is 2.84. The Hall–Kier alpha value is -5.38. The Morgan fingerprint density at radius 3 is 2.09 bits per heavy atom. The summed E-state index contributed by atoms with van der Waals surface area (Å²) in [7, 11) is 9.75. The number of carbonyl (C=O) groups excluding carboxylic acids is 1. The fourth-order valence-corrected chi connectivity index (χ4v) is 4.92. The van der Waals surface area contributed by atoms with Crippen LogP contribution in [0.5, 0.6) is 17.2 Å². The number of aromatic nitrogens is 5. The second-order valence-electron chi connectivity index (χ2n) is 10.3. The van der Waals surface area contributed by atoms with Gasteiger partial charge in [0.05, 0.1) is 39.0 Å². The number of ether oxygens (including phenoxy) is 4. The minimum absolute atomic E-state index is 0.118. The lowest BCUT2D eigenvalue weighted by atomic mass is 10.2. The second-order valence-corrected chi connectivity index (χ2v) is 10.3. The molecule has 0 atom stereocenters. The Kier molecular flexibility index (Phi) is 10.6. The molecule has 0 radical (unpaired) electrons. The largest absolute Gasteiger partial charge is 0.493 e. The first kappa shape index (κ1) is 33.5. The number of carboxylic acids is 1. The van der Waals surface area contributed by atoms with Crippen molar-refractivity contribution in [1.29, 1.82) is 0 Å². The molecule has 4 heterocycles. The smallest absolute Gasteiger partial charge is 0.338 e. The van der Waals surface area contributed by atoms with Gasteiger partial charge in [0, 0.05) is 52.7 Å². The SMILES string of the molecule is COc1cc(C(=O)OCCn2c(=O)c3c(nc(N4CCN(C)CC4)n3C)n(C)c2=O)cc(OC)c1OC.O=C(O)c1cccnc1. The zero-order valence-corrected chi connectivity index (χ0v) is 26.6. The molecule has 16 heteroatoms. The van der Waals surface area contributed by atoms with Crippen LogP contribution in [0, 0.1) is 0 Å². The first-order valence-electron chi connectivity index (χ1n) is 14.2. The van der Waals surface area contributed by atoms with Gasteiger partial charge in [-0.3, -0.25) is 18.9 Å². The highest BCUT2D eigenvalue weighted by Gasteiger charge is 2.24. The van der Waals surface area contributed by atoms with Crippen LogP contribution in [-0.2, 0) is 25.4 Å². The van der Waals surface area contributed by atoms with Crippen molar-refractivity contribution < 1.29 is 33.6 Å². The molecule has 16 nitrogen and oxygen atoms in total. The van der Waals surface area contributed by atoms with Crippen molar-refractivity contribution in [3.05, 3.63) is 68.6 Å². The number of rotatable bonds is 9. The van der Waals surface area contributed by atoms with E-state index in [1.165, 1.54) is 56.5 Å². The van der Waals surface area contributed by atoms with Gasteiger partial charge in [-0.25, -0.2) is 14.4 Å². The van der Waals surface area contributed by atoms with E-state index in [1.807, 2.05) is 0 Å². The first-order valence-corrected chi connectivity index (χ1v) is 14.2. The average molecular weight is 640 g/mol. The van der Waals surface area contributed by atoms with Gasteiger partial charge >= 0.3 is 17.6 Å². The minimum Gasteiger partial charge on any atom is -0.493 e. The van der Waals surface area contributed by atoms with Gasteiger partial charge < -0.3 is 38.4 Å². The third kappa shape index (κ3) is 6.96. The van der Waals surface area contributed by atoms with E-state index in [4.69, 9.17) is 24.1 Å². The monoisotopic (exact) mass is 639 g/mol. The van der Waals surface area contributed by atoms with Gasteiger partial charge in [-0.1, -0.05) is 0 Å². The molecule has 0 amide bonds. The fourth-order valence-electron chi connectivity index (χ4n) is 4.92. The third-order valence-corrected chi connectivity index (χ3v) is 7.48. The first-order chi connectivity index (χ1) is 22.0. The van der Waals surface area contributed by atoms with Crippen LogP contribution in [0.4, 0.5) is 5.95 Å². The number of carboxylic acid groups (broad SMARTS) is 1. The maximum Gasteiger partial charge on any atom is 0.338 e. The van der Waals surface area contributed by atoms with E-state index >= 15 is 0 Å². The Labute approximate surface area is 263 Å². The minimum atomic E-state index is -0.942. The fraction of sp³-hybridized carbons (Fsp3) is 0.400. The number of likely N-dealkylation sites (N-methyl/N-ethyl adjacent to an activating group) is 1. The molecule has 0 saturated carbocycles. The number of aromatic carboxylic acids is 1. The number of imidazole rings is 1. The maximum absolute atomic E-state index is 13.3. The molecule has 246 valence electrons. The lowest BCUT2D eigenvalue weighted by Gasteiger charge is -2.32. The number of benzene rings is 1. The van der Waals surface area contributed by atoms with Gasteiger partial charge in [0.25, 0.3) is 5.56 Å². The highest BCUT2D eigenvalue weighted by Crippen LogP contribution is 2.38. The second kappa shape index (κ2) is 14.6. The molecule has 1 aromatic carbocycles. The van der Waals surface area contributed by atoms with Crippen LogP contribution in [0.25, 0.3) is 11.2 Å². The molecule has 5 rings (SSSR count). The lowest BCUT2D eigenvalue weighted by molar-refractivity contribution is 0.0487. The van der Waals surface area contributed by atoms with Gasteiger partial charge in [0.2, 0.25) is 11.7 Å². The van der Waals surface area contributed by atoms with Crippen LogP contribution in [0.1, 0.15) is 20.7 Å². The van der Waals surface area contributed by atoms with E-state index in [9.17, 15) is 19.2 Å². The molecule has 0 bridgehead atoms. The summed E-state index contributed by atoms with van der Waals surface area (Å²) in [5.41, 5.74) is -0.00286. The number of anilines is 1. The summed E-state index contributed by atoms with van der Waals surface area (Å²) in [4.78, 5) is 61.8. The van der Waals surface area contributed by atoms with Gasteiger partial charge in [-0.15, -0.1) is 0 Å². The van der Waals surface area contributed by atoms with Crippen molar-refractivity contribution in [2.24, 2.45) is 14.1 Å². The van der Waals surface area contributed by atoms with Crippen molar-refractivity contribution in [2.45, 2.75) is 6.54 Å². The van der Waals surface area contributed by atoms with Crippen LogP contribution in [0.15, 0.2) is 46.2 Å². The standard InChI is InChI=1S/C24H32N6O7.C6H5NO2/c1-26-7-9-29(10-8-26)23-25-20-18(27(23)2)21(31)30(24(33)28(20)3)11-12-37-22(32)15-13-16(34-4)19(36-6)17(14-15)35-5;8-6(9)5-2-1-3-7-4-5/h13-14H,7-12H2,1-6H3;1-4H,(H,8,9). The maximum atomic E-state index is 13.3. The number of hydrogen-bond donors (Lipinski definition) is 1. The molecular formula is C30H37N7O9. The Bertz CT molecular complexity index is 1800. The summed E-state index contributed by atoms with van der Waals surface area (Å²) in [5, 5.41) is 8.34. The summed E-state index contributed by atoms with van der Waals surface area (Å²) in [6.45, 7) is 2.98. The number of pyridine rings is 1. The molecule has 1 aliphatic rings. The lowest BCUT2D eigenvalue weighted by Crippen LogP contribution is -2.45. The summed E-state index contributed by atoms with van der Waals surface area (Å²) in [5.74, 6) is -0.0154. The number of aryl methyl sites for hydroxylation is 2. The van der Waals surface area contributed by atoms with E-state index in [0.717, 1.165) is 30.7 Å². The normalized spacial score (nSPS) is 13.1. The van der Waals surface area contributed by atoms with E-state index in [1.54, 1.807) is 24.7 Å². The number of methoxy groups -OCH3 is 3. The number of esters is 1. The van der Waals surface area contributed by atoms with Crippen molar-refractivity contribution >= 4 is 29.1 Å². The highest BCUT2D eigenvalue weighted by atomic mass is 16.5. The predicted molar refractivity (Wildman–Crippen MR) is 168 cm³/mol. The zero-order valence-electron chi connectivity index (χ0n) is 26.6. The van der Waals surface area contributed by atoms with E-state index in [0.29, 0.717) is 34.4 Å². The summed E-state index contributed by atoms with van der Waals surface area (Å²) >= 11 is 0. The molecule has 1 saturated heterocycles. The van der Waals surface area contributed by atoms with E-state index in [2.05, 4.69) is 26.8 Å². The van der Waals surface area contributed by atoms with Crippen LogP contribution in [0.2, 0.25) is 0 Å². The number of carbonyl (C=O) groups is 2. The zero-order chi connectivity index (χ0) is 33.5. The molecule has 0 aliphatic carbocycles. The van der Waals surface area contributed by atoms with Crippen molar-refractivity contribution in [3.63, 3.8) is 0 Å². The van der Waals surface area contributed by atoms with Gasteiger partial charge in [-0.05, 0) is 31.3 Å². The molecule has 1 fully saturated rings. The molecule has 0 spiro atoms. The Balaban J connectivity index is 0.000000459. The molecule has 1 N–H and O–H groups in total. The quantitative estimate of drug-likeness (QED) is 0.256. The molecule has 4 aromatic rings.